The molecule has 2 bridgehead atoms. The van der Waals surface area contributed by atoms with Crippen molar-refractivity contribution in [2.75, 3.05) is 5.32 Å². The van der Waals surface area contributed by atoms with Crippen molar-refractivity contribution in [3.8, 4) is 0 Å². The fraction of sp³-hybridized carbons (Fsp3) is 0.625. The minimum absolute atomic E-state index is 0.0441. The van der Waals surface area contributed by atoms with Crippen LogP contribution in [0.5, 0.6) is 0 Å². The highest BCUT2D eigenvalue weighted by molar-refractivity contribution is 7.17. The van der Waals surface area contributed by atoms with Crippen LogP contribution < -0.4 is 10.6 Å². The van der Waals surface area contributed by atoms with Crippen LogP contribution in [0, 0.1) is 23.7 Å². The Morgan fingerprint density at radius 2 is 1.61 bits per heavy atom. The van der Waals surface area contributed by atoms with Crippen LogP contribution in [0.3, 0.4) is 0 Å². The van der Waals surface area contributed by atoms with Gasteiger partial charge in [0.05, 0.1) is 17.4 Å². The van der Waals surface area contributed by atoms with E-state index >= 15 is 0 Å². The van der Waals surface area contributed by atoms with Crippen LogP contribution in [0.25, 0.3) is 0 Å². The average Bonchev–Trinajstić information content (AvgIpc) is 3.35. The Balaban J connectivity index is 1.39. The summed E-state index contributed by atoms with van der Waals surface area (Å²) in [6.07, 6.45) is 14.0. The Kier molecular flexibility index (Phi) is 5.63. The maximum atomic E-state index is 13.3. The first-order chi connectivity index (χ1) is 15.0. The van der Waals surface area contributed by atoms with Crippen molar-refractivity contribution in [2.45, 2.75) is 70.3 Å². The number of carboxylic acid groups (broad SMARTS) is 1. The maximum Gasteiger partial charge on any atom is 0.307 e. The average molecular weight is 443 g/mol. The Hall–Kier alpha value is -2.15. The Morgan fingerprint density at radius 3 is 2.29 bits per heavy atom. The van der Waals surface area contributed by atoms with Crippen molar-refractivity contribution >= 4 is 34.1 Å². The molecule has 0 aromatic carbocycles. The molecule has 2 saturated carbocycles. The van der Waals surface area contributed by atoms with Crippen LogP contribution in [-0.2, 0) is 22.4 Å². The van der Waals surface area contributed by atoms with Crippen LogP contribution in [-0.4, -0.2) is 28.9 Å². The van der Waals surface area contributed by atoms with Crippen molar-refractivity contribution in [2.24, 2.45) is 23.7 Å². The van der Waals surface area contributed by atoms with Crippen LogP contribution in [0.2, 0.25) is 0 Å². The predicted molar refractivity (Wildman–Crippen MR) is 119 cm³/mol. The molecular weight excluding hydrogens is 412 g/mol. The van der Waals surface area contributed by atoms with Gasteiger partial charge in [0.2, 0.25) is 5.91 Å². The number of anilines is 1. The number of nitrogens with one attached hydrogen (secondary N) is 2. The van der Waals surface area contributed by atoms with E-state index < -0.39 is 17.8 Å². The van der Waals surface area contributed by atoms with E-state index in [0.717, 1.165) is 63.4 Å². The summed E-state index contributed by atoms with van der Waals surface area (Å²) in [5, 5.41) is 16.6. The number of allylic oxidation sites excluding steroid dienone is 2. The molecule has 4 atom stereocenters. The molecule has 5 aliphatic rings. The fourth-order valence-corrected chi connectivity index (χ4v) is 7.41. The third-order valence-electron chi connectivity index (χ3n) is 7.66. The van der Waals surface area contributed by atoms with Gasteiger partial charge in [-0.3, -0.25) is 14.4 Å². The number of carboxylic acids is 1. The van der Waals surface area contributed by atoms with Crippen molar-refractivity contribution in [3.05, 3.63) is 28.2 Å². The van der Waals surface area contributed by atoms with Gasteiger partial charge in [0.1, 0.15) is 5.00 Å². The first-order valence-corrected chi connectivity index (χ1v) is 12.5. The predicted octanol–water partition coefficient (Wildman–Crippen LogP) is 4.15. The third kappa shape index (κ3) is 3.81. The molecule has 0 saturated heterocycles. The zero-order valence-corrected chi connectivity index (χ0v) is 18.5. The summed E-state index contributed by atoms with van der Waals surface area (Å²) in [5.41, 5.74) is 1.70. The lowest BCUT2D eigenvalue weighted by atomic mass is 9.62. The molecule has 0 spiro atoms. The van der Waals surface area contributed by atoms with Crippen molar-refractivity contribution in [1.82, 2.24) is 5.32 Å². The second-order valence-corrected chi connectivity index (χ2v) is 10.6. The molecule has 6 rings (SSSR count). The number of fused-ring (bicyclic) bond motifs is 3. The fourth-order valence-electron chi connectivity index (χ4n) is 6.12. The number of carbonyl (C=O) groups is 3. The lowest BCUT2D eigenvalue weighted by molar-refractivity contribution is -0.151. The van der Waals surface area contributed by atoms with Gasteiger partial charge in [-0.15, -0.1) is 11.3 Å². The standard InChI is InChI=1S/C24H30N2O4S/c27-21(18-13-9-11-14(12-10-13)19(18)24(29)30)26-23-20(16-7-4-8-17(16)31-23)22(28)25-15-5-2-1-3-6-15/h9,11,13-15,18-19H,1-8,10,12H2,(H,25,28)(H,26,27)(H,29,30)/t13-,14-,18+,19-/m0/s1. The zero-order chi connectivity index (χ0) is 21.5. The van der Waals surface area contributed by atoms with Gasteiger partial charge in [-0.2, -0.15) is 0 Å². The summed E-state index contributed by atoms with van der Waals surface area (Å²) in [4.78, 5) is 39.7. The minimum atomic E-state index is -0.900. The lowest BCUT2D eigenvalue weighted by Crippen LogP contribution is -2.47. The summed E-state index contributed by atoms with van der Waals surface area (Å²) in [5.74, 6) is -2.62. The highest BCUT2D eigenvalue weighted by Crippen LogP contribution is 2.46. The number of thiophene rings is 1. The van der Waals surface area contributed by atoms with Gasteiger partial charge in [0.25, 0.3) is 5.91 Å². The van der Waals surface area contributed by atoms with Crippen molar-refractivity contribution in [1.29, 1.82) is 0 Å². The molecule has 1 aromatic rings. The van der Waals surface area contributed by atoms with Crippen LogP contribution in [0.1, 0.15) is 72.2 Å². The molecule has 0 radical (unpaired) electrons. The molecule has 2 amide bonds. The molecule has 1 heterocycles. The maximum absolute atomic E-state index is 13.3. The van der Waals surface area contributed by atoms with Gasteiger partial charge < -0.3 is 15.7 Å². The van der Waals surface area contributed by atoms with Gasteiger partial charge in [0.15, 0.2) is 0 Å². The molecular formula is C24H30N2O4S. The molecule has 5 aliphatic carbocycles. The highest BCUT2D eigenvalue weighted by Gasteiger charge is 2.48. The Morgan fingerprint density at radius 1 is 0.903 bits per heavy atom. The van der Waals surface area contributed by atoms with Gasteiger partial charge >= 0.3 is 5.97 Å². The second kappa shape index (κ2) is 8.41. The molecule has 2 fully saturated rings. The van der Waals surface area contributed by atoms with E-state index in [2.05, 4.69) is 10.6 Å². The zero-order valence-electron chi connectivity index (χ0n) is 17.7. The topological polar surface area (TPSA) is 95.5 Å². The first-order valence-electron chi connectivity index (χ1n) is 11.7. The largest absolute Gasteiger partial charge is 0.481 e. The van der Waals surface area contributed by atoms with E-state index in [9.17, 15) is 19.5 Å². The summed E-state index contributed by atoms with van der Waals surface area (Å²) in [6.45, 7) is 0. The van der Waals surface area contributed by atoms with Gasteiger partial charge in [-0.05, 0) is 62.3 Å². The second-order valence-electron chi connectivity index (χ2n) is 9.54. The van der Waals surface area contributed by atoms with E-state index in [1.807, 2.05) is 12.2 Å². The van der Waals surface area contributed by atoms with Crippen LogP contribution in [0.4, 0.5) is 5.00 Å². The SMILES string of the molecule is O=C(NC1CCCCC1)c1c(NC(=O)[C@H]2[C@@H](C(=O)O)[C@H]3C=C[C@H]2CC3)sc2c1CCC2. The molecule has 7 heteroatoms. The first kappa shape index (κ1) is 20.7. The number of aliphatic carboxylic acids is 1. The normalized spacial score (nSPS) is 29.5. The van der Waals surface area contributed by atoms with E-state index in [1.165, 1.54) is 22.6 Å². The summed E-state index contributed by atoms with van der Waals surface area (Å²) in [7, 11) is 0. The summed E-state index contributed by atoms with van der Waals surface area (Å²) in [6, 6.07) is 0.206. The molecule has 1 aromatic heterocycles. The number of amides is 2. The van der Waals surface area contributed by atoms with Gasteiger partial charge in [0, 0.05) is 10.9 Å². The van der Waals surface area contributed by atoms with E-state index in [0.29, 0.717) is 10.6 Å². The Labute approximate surface area is 186 Å². The van der Waals surface area contributed by atoms with Gasteiger partial charge in [-0.25, -0.2) is 0 Å². The molecule has 3 N–H and O–H groups in total. The van der Waals surface area contributed by atoms with E-state index in [4.69, 9.17) is 0 Å². The minimum Gasteiger partial charge on any atom is -0.481 e. The smallest absolute Gasteiger partial charge is 0.307 e. The van der Waals surface area contributed by atoms with Gasteiger partial charge in [-0.1, -0.05) is 31.4 Å². The van der Waals surface area contributed by atoms with E-state index in [1.54, 1.807) is 0 Å². The molecule has 0 unspecified atom stereocenters. The van der Waals surface area contributed by atoms with E-state index in [-0.39, 0.29) is 29.7 Å². The van der Waals surface area contributed by atoms with Crippen molar-refractivity contribution < 1.29 is 19.5 Å². The third-order valence-corrected chi connectivity index (χ3v) is 8.87. The van der Waals surface area contributed by atoms with Crippen molar-refractivity contribution in [3.63, 3.8) is 0 Å². The molecule has 166 valence electrons. The number of hydrogen-bond donors (Lipinski definition) is 3. The molecule has 31 heavy (non-hydrogen) atoms. The monoisotopic (exact) mass is 442 g/mol. The van der Waals surface area contributed by atoms with Crippen LogP contribution >= 0.6 is 11.3 Å². The quantitative estimate of drug-likeness (QED) is 0.597. The Bertz CT molecular complexity index is 930. The highest BCUT2D eigenvalue weighted by atomic mass is 32.1. The lowest BCUT2D eigenvalue weighted by Gasteiger charge is -2.41. The van der Waals surface area contributed by atoms with Crippen LogP contribution in [0.15, 0.2) is 12.2 Å². The number of hydrogen-bond acceptors (Lipinski definition) is 4. The number of carbonyl (C=O) groups excluding carboxylic acids is 2. The summed E-state index contributed by atoms with van der Waals surface area (Å²) >= 11 is 1.50. The summed E-state index contributed by atoms with van der Waals surface area (Å²) < 4.78 is 0. The number of rotatable bonds is 5. The molecule has 0 aliphatic heterocycles. The molecule has 6 nitrogen and oxygen atoms in total. The number of aryl methyl sites for hydroxylation is 1.